The Hall–Kier alpha value is -1.65. The first-order chi connectivity index (χ1) is 6.22. The van der Waals surface area contributed by atoms with Gasteiger partial charge in [0.15, 0.2) is 5.65 Å². The molecule has 0 atom stereocenters. The maximum atomic E-state index is 4.96. The topological polar surface area (TPSA) is 52.8 Å². The first-order valence-corrected chi connectivity index (χ1v) is 3.92. The number of ether oxygens (including phenoxy) is 1. The minimum Gasteiger partial charge on any atom is -0.467 e. The molecule has 0 unspecified atom stereocenters. The Morgan fingerprint density at radius 3 is 2.85 bits per heavy atom. The Kier molecular flexibility index (Phi) is 1.65. The lowest BCUT2D eigenvalue weighted by Gasteiger charge is -2.00. The van der Waals surface area contributed by atoms with Crippen LogP contribution in [0.15, 0.2) is 6.33 Å². The monoisotopic (exact) mass is 178 g/mol. The lowest BCUT2D eigenvalue weighted by molar-refractivity contribution is 0.380. The van der Waals surface area contributed by atoms with Crippen molar-refractivity contribution in [2.45, 2.75) is 6.92 Å². The number of aromatic nitrogens is 4. The number of fused-ring (bicyclic) bond motifs is 1. The van der Waals surface area contributed by atoms with Crippen molar-refractivity contribution in [3.05, 3.63) is 12.0 Å². The minimum absolute atomic E-state index is 0.383. The van der Waals surface area contributed by atoms with E-state index in [0.717, 1.165) is 16.9 Å². The maximum Gasteiger partial charge on any atom is 0.318 e. The number of rotatable bonds is 1. The first kappa shape index (κ1) is 7.97. The third-order valence-corrected chi connectivity index (χ3v) is 1.90. The second kappa shape index (κ2) is 2.69. The van der Waals surface area contributed by atoms with Gasteiger partial charge in [-0.3, -0.25) is 0 Å². The smallest absolute Gasteiger partial charge is 0.318 e. The van der Waals surface area contributed by atoms with Gasteiger partial charge in [0.2, 0.25) is 0 Å². The summed E-state index contributed by atoms with van der Waals surface area (Å²) in [7, 11) is 3.44. The zero-order valence-electron chi connectivity index (χ0n) is 7.77. The van der Waals surface area contributed by atoms with E-state index in [1.165, 1.54) is 0 Å². The Morgan fingerprint density at radius 2 is 2.15 bits per heavy atom. The van der Waals surface area contributed by atoms with Crippen molar-refractivity contribution in [2.24, 2.45) is 7.05 Å². The fourth-order valence-corrected chi connectivity index (χ4v) is 1.21. The highest BCUT2D eigenvalue weighted by Crippen LogP contribution is 2.15. The molecule has 2 rings (SSSR count). The van der Waals surface area contributed by atoms with E-state index in [1.54, 1.807) is 13.4 Å². The zero-order valence-corrected chi connectivity index (χ0v) is 7.77. The molecule has 0 spiro atoms. The van der Waals surface area contributed by atoms with Gasteiger partial charge in [-0.25, -0.2) is 4.98 Å². The summed E-state index contributed by atoms with van der Waals surface area (Å²) in [6.45, 7) is 1.89. The van der Waals surface area contributed by atoms with Gasteiger partial charge in [-0.05, 0) is 6.92 Å². The van der Waals surface area contributed by atoms with Crippen molar-refractivity contribution in [3.8, 4) is 6.01 Å². The van der Waals surface area contributed by atoms with Crippen LogP contribution in [-0.4, -0.2) is 26.6 Å². The van der Waals surface area contributed by atoms with Crippen LogP contribution in [0.4, 0.5) is 0 Å². The second-order valence-electron chi connectivity index (χ2n) is 2.82. The predicted molar refractivity (Wildman–Crippen MR) is 47.6 cm³/mol. The molecule has 0 aliphatic rings. The van der Waals surface area contributed by atoms with E-state index in [-0.39, 0.29) is 0 Å². The molecule has 68 valence electrons. The minimum atomic E-state index is 0.383. The third kappa shape index (κ3) is 1.12. The highest BCUT2D eigenvalue weighted by atomic mass is 16.5. The molecule has 0 amide bonds. The summed E-state index contributed by atoms with van der Waals surface area (Å²) in [5.74, 6) is 0. The van der Waals surface area contributed by atoms with Crippen LogP contribution in [0.3, 0.4) is 0 Å². The molecule has 0 saturated heterocycles. The van der Waals surface area contributed by atoms with Crippen LogP contribution in [0, 0.1) is 6.92 Å². The lowest BCUT2D eigenvalue weighted by Crippen LogP contribution is -1.97. The van der Waals surface area contributed by atoms with Crippen LogP contribution < -0.4 is 4.74 Å². The Balaban J connectivity index is 2.80. The standard InChI is InChI=1S/C8H10N4O/c1-5-6-7(12(2)4-9-6)11-8(10-5)13-3/h4H,1-3H3. The Bertz CT molecular complexity index is 449. The lowest BCUT2D eigenvalue weighted by atomic mass is 10.4. The molecular weight excluding hydrogens is 168 g/mol. The fraction of sp³-hybridized carbons (Fsp3) is 0.375. The molecule has 0 aromatic carbocycles. The number of methoxy groups -OCH3 is 1. The first-order valence-electron chi connectivity index (χ1n) is 3.92. The molecule has 0 saturated carbocycles. The van der Waals surface area contributed by atoms with Gasteiger partial charge in [0.25, 0.3) is 0 Å². The van der Waals surface area contributed by atoms with Crippen LogP contribution in [0.5, 0.6) is 6.01 Å². The van der Waals surface area contributed by atoms with E-state index in [4.69, 9.17) is 4.74 Å². The molecule has 0 aliphatic heterocycles. The predicted octanol–water partition coefficient (Wildman–Crippen LogP) is 0.680. The van der Waals surface area contributed by atoms with Crippen molar-refractivity contribution in [1.29, 1.82) is 0 Å². The van der Waals surface area contributed by atoms with Gasteiger partial charge in [0.05, 0.1) is 19.1 Å². The van der Waals surface area contributed by atoms with Crippen molar-refractivity contribution >= 4 is 11.2 Å². The molecular formula is C8H10N4O. The second-order valence-corrected chi connectivity index (χ2v) is 2.82. The molecule has 0 aliphatic carbocycles. The van der Waals surface area contributed by atoms with E-state index in [9.17, 15) is 0 Å². The van der Waals surface area contributed by atoms with Gasteiger partial charge in [0, 0.05) is 7.05 Å². The summed E-state index contributed by atoms with van der Waals surface area (Å²) < 4.78 is 6.80. The zero-order chi connectivity index (χ0) is 9.42. The molecule has 2 aromatic rings. The fourth-order valence-electron chi connectivity index (χ4n) is 1.21. The largest absolute Gasteiger partial charge is 0.467 e. The highest BCUT2D eigenvalue weighted by Gasteiger charge is 2.07. The van der Waals surface area contributed by atoms with Crippen molar-refractivity contribution in [3.63, 3.8) is 0 Å². The normalized spacial score (nSPS) is 10.7. The van der Waals surface area contributed by atoms with E-state index in [0.29, 0.717) is 6.01 Å². The van der Waals surface area contributed by atoms with Crippen LogP contribution in [0.25, 0.3) is 11.2 Å². The molecule has 0 bridgehead atoms. The number of aryl methyl sites for hydroxylation is 2. The number of hydrogen-bond acceptors (Lipinski definition) is 4. The van der Waals surface area contributed by atoms with Crippen LogP contribution >= 0.6 is 0 Å². The average Bonchev–Trinajstić information content (AvgIpc) is 2.48. The van der Waals surface area contributed by atoms with E-state index in [1.807, 2.05) is 18.5 Å². The van der Waals surface area contributed by atoms with Crippen molar-refractivity contribution in [2.75, 3.05) is 7.11 Å². The average molecular weight is 178 g/mol. The summed E-state index contributed by atoms with van der Waals surface area (Å²) >= 11 is 0. The molecule has 5 nitrogen and oxygen atoms in total. The van der Waals surface area contributed by atoms with Crippen LogP contribution in [0.1, 0.15) is 5.69 Å². The molecule has 13 heavy (non-hydrogen) atoms. The van der Waals surface area contributed by atoms with Gasteiger partial charge in [0.1, 0.15) is 5.52 Å². The molecule has 0 fully saturated rings. The van der Waals surface area contributed by atoms with E-state index < -0.39 is 0 Å². The third-order valence-electron chi connectivity index (χ3n) is 1.90. The van der Waals surface area contributed by atoms with E-state index in [2.05, 4.69) is 15.0 Å². The number of nitrogens with zero attached hydrogens (tertiary/aromatic N) is 4. The van der Waals surface area contributed by atoms with E-state index >= 15 is 0 Å². The SMILES string of the molecule is COc1nc(C)c2ncn(C)c2n1. The maximum absolute atomic E-state index is 4.96. The molecule has 2 aromatic heterocycles. The summed E-state index contributed by atoms with van der Waals surface area (Å²) in [5, 5.41) is 0. The highest BCUT2D eigenvalue weighted by molar-refractivity contribution is 5.73. The quantitative estimate of drug-likeness (QED) is 0.644. The molecule has 0 radical (unpaired) electrons. The Labute approximate surface area is 75.4 Å². The molecule has 5 heteroatoms. The van der Waals surface area contributed by atoms with Gasteiger partial charge in [-0.2, -0.15) is 9.97 Å². The van der Waals surface area contributed by atoms with Gasteiger partial charge >= 0.3 is 6.01 Å². The number of hydrogen-bond donors (Lipinski definition) is 0. The number of imidazole rings is 1. The van der Waals surface area contributed by atoms with Crippen LogP contribution in [0.2, 0.25) is 0 Å². The van der Waals surface area contributed by atoms with Crippen molar-refractivity contribution < 1.29 is 4.74 Å². The summed E-state index contributed by atoms with van der Waals surface area (Å²) in [6.07, 6.45) is 1.71. The molecule has 2 heterocycles. The summed E-state index contributed by atoms with van der Waals surface area (Å²) in [5.41, 5.74) is 2.45. The van der Waals surface area contributed by atoms with Crippen LogP contribution in [-0.2, 0) is 7.05 Å². The van der Waals surface area contributed by atoms with Gasteiger partial charge < -0.3 is 9.30 Å². The van der Waals surface area contributed by atoms with Gasteiger partial charge in [-0.1, -0.05) is 0 Å². The summed E-state index contributed by atoms with van der Waals surface area (Å²) in [6, 6.07) is 0.383. The molecule has 0 N–H and O–H groups in total. The van der Waals surface area contributed by atoms with Crippen molar-refractivity contribution in [1.82, 2.24) is 19.5 Å². The Morgan fingerprint density at radius 1 is 1.38 bits per heavy atom. The van der Waals surface area contributed by atoms with Gasteiger partial charge in [-0.15, -0.1) is 0 Å². The summed E-state index contributed by atoms with van der Waals surface area (Å²) in [4.78, 5) is 12.5.